The molecule has 134 valence electrons. The molecule has 3 aromatic rings. The number of nitrogens with zero attached hydrogens (tertiary/aromatic N) is 2. The Morgan fingerprint density at radius 2 is 1.92 bits per heavy atom. The van der Waals surface area contributed by atoms with Crippen molar-refractivity contribution < 1.29 is 8.42 Å². The molecule has 1 atom stereocenters. The number of halogens is 1. The van der Waals surface area contributed by atoms with E-state index in [2.05, 4.69) is 15.4 Å². The third-order valence-corrected chi connectivity index (χ3v) is 5.02. The topological polar surface area (TPSA) is 74.9 Å². The van der Waals surface area contributed by atoms with Gasteiger partial charge in [-0.3, -0.25) is 4.72 Å². The molecule has 0 amide bonds. The summed E-state index contributed by atoms with van der Waals surface area (Å²) in [6.45, 7) is 0. The highest BCUT2D eigenvalue weighted by molar-refractivity contribution is 7.92. The molecule has 0 radical (unpaired) electrons. The number of benzene rings is 2. The van der Waals surface area contributed by atoms with Crippen LogP contribution >= 0.6 is 11.6 Å². The maximum atomic E-state index is 11.6. The second-order valence-electron chi connectivity index (χ2n) is 6.10. The van der Waals surface area contributed by atoms with Gasteiger partial charge in [-0.05, 0) is 42.3 Å². The van der Waals surface area contributed by atoms with Gasteiger partial charge in [-0.15, -0.1) is 0 Å². The largest absolute Gasteiger partial charge is 0.340 e. The van der Waals surface area contributed by atoms with Crippen molar-refractivity contribution in [2.24, 2.45) is 0 Å². The van der Waals surface area contributed by atoms with Crippen molar-refractivity contribution >= 4 is 38.2 Å². The third-order valence-electron chi connectivity index (χ3n) is 4.18. The molecule has 1 heterocycles. The summed E-state index contributed by atoms with van der Waals surface area (Å²) in [4.78, 5) is 0. The van der Waals surface area contributed by atoms with Gasteiger partial charge in [0.2, 0.25) is 10.0 Å². The predicted octanol–water partition coefficient (Wildman–Crippen LogP) is 4.56. The lowest BCUT2D eigenvalue weighted by molar-refractivity contribution is 0.565. The molecule has 1 unspecified atom stereocenters. The zero-order chi connectivity index (χ0) is 18.7. The van der Waals surface area contributed by atoms with Crippen LogP contribution in [0.2, 0.25) is 5.02 Å². The molecule has 0 aliphatic carbocycles. The molecule has 0 aliphatic heterocycles. The Bertz CT molecular complexity index is 1070. The van der Waals surface area contributed by atoms with E-state index in [9.17, 15) is 8.42 Å². The summed E-state index contributed by atoms with van der Waals surface area (Å²) in [6, 6.07) is 17.1. The average Bonchev–Trinajstić information content (AvgIpc) is 3.01. The number of sulfonamides is 1. The fraction of sp³-hybridized carbons (Fsp3) is 0.211. The van der Waals surface area contributed by atoms with Crippen LogP contribution in [0.4, 0.5) is 5.69 Å². The summed E-state index contributed by atoms with van der Waals surface area (Å²) >= 11 is 6.00. The molecular weight excluding hydrogens is 370 g/mol. The first-order valence-corrected chi connectivity index (χ1v) is 10.4. The van der Waals surface area contributed by atoms with Crippen LogP contribution in [0.5, 0.6) is 0 Å². The van der Waals surface area contributed by atoms with Gasteiger partial charge in [-0.1, -0.05) is 29.8 Å². The average molecular weight is 388 g/mol. The standard InChI is InChI=1S/C19H18ClN3O2S/c1-26(24,25)22-17-4-2-5-19-16(17)11-13-23(19)18(6-3-12-21)14-7-9-15(20)10-8-14/h2,4-5,7-11,13,18,22H,3,6H2,1H3. The van der Waals surface area contributed by atoms with Gasteiger partial charge in [0.15, 0.2) is 0 Å². The lowest BCUT2D eigenvalue weighted by atomic mass is 10.0. The summed E-state index contributed by atoms with van der Waals surface area (Å²) < 4.78 is 27.9. The Balaban J connectivity index is 2.10. The lowest BCUT2D eigenvalue weighted by Crippen LogP contribution is -2.11. The molecule has 0 fully saturated rings. The minimum Gasteiger partial charge on any atom is -0.340 e. The van der Waals surface area contributed by atoms with Gasteiger partial charge in [0.1, 0.15) is 0 Å². The van der Waals surface area contributed by atoms with E-state index < -0.39 is 10.0 Å². The quantitative estimate of drug-likeness (QED) is 0.673. The first-order valence-electron chi connectivity index (χ1n) is 8.09. The van der Waals surface area contributed by atoms with Crippen LogP contribution in [-0.4, -0.2) is 19.2 Å². The van der Waals surface area contributed by atoms with E-state index in [1.807, 2.05) is 48.7 Å². The van der Waals surface area contributed by atoms with Crippen LogP contribution in [0.3, 0.4) is 0 Å². The van der Waals surface area contributed by atoms with Gasteiger partial charge in [-0.25, -0.2) is 8.42 Å². The van der Waals surface area contributed by atoms with Gasteiger partial charge in [0.05, 0.1) is 29.6 Å². The van der Waals surface area contributed by atoms with Gasteiger partial charge in [0.25, 0.3) is 0 Å². The molecule has 26 heavy (non-hydrogen) atoms. The Kier molecular flexibility index (Phi) is 5.21. The SMILES string of the molecule is CS(=O)(=O)Nc1cccc2c1ccn2C(CCC#N)c1ccc(Cl)cc1. The summed E-state index contributed by atoms with van der Waals surface area (Å²) in [6.07, 6.45) is 4.11. The van der Waals surface area contributed by atoms with Crippen LogP contribution < -0.4 is 4.72 Å². The van der Waals surface area contributed by atoms with Crippen LogP contribution in [-0.2, 0) is 10.0 Å². The molecule has 7 heteroatoms. The summed E-state index contributed by atoms with van der Waals surface area (Å²) in [5.74, 6) is 0. The van der Waals surface area contributed by atoms with E-state index in [0.29, 0.717) is 23.6 Å². The van der Waals surface area contributed by atoms with E-state index in [0.717, 1.165) is 22.7 Å². The van der Waals surface area contributed by atoms with E-state index in [4.69, 9.17) is 16.9 Å². The van der Waals surface area contributed by atoms with Crippen molar-refractivity contribution in [1.82, 2.24) is 4.57 Å². The molecule has 0 saturated carbocycles. The van der Waals surface area contributed by atoms with Crippen LogP contribution in [0.15, 0.2) is 54.7 Å². The molecule has 5 nitrogen and oxygen atoms in total. The highest BCUT2D eigenvalue weighted by Gasteiger charge is 2.17. The number of fused-ring (bicyclic) bond motifs is 1. The number of rotatable bonds is 6. The number of nitrogens with one attached hydrogen (secondary N) is 1. The molecule has 2 aromatic carbocycles. The second-order valence-corrected chi connectivity index (χ2v) is 8.28. The van der Waals surface area contributed by atoms with E-state index in [1.54, 1.807) is 6.07 Å². The lowest BCUT2D eigenvalue weighted by Gasteiger charge is -2.20. The minimum absolute atomic E-state index is 0.0436. The number of hydrogen-bond donors (Lipinski definition) is 1. The number of hydrogen-bond acceptors (Lipinski definition) is 3. The van der Waals surface area contributed by atoms with Crippen molar-refractivity contribution in [2.45, 2.75) is 18.9 Å². The van der Waals surface area contributed by atoms with Gasteiger partial charge in [0, 0.05) is 23.0 Å². The van der Waals surface area contributed by atoms with Crippen LogP contribution in [0.1, 0.15) is 24.4 Å². The minimum atomic E-state index is -3.37. The molecule has 3 rings (SSSR count). The number of nitriles is 1. The normalized spacial score (nSPS) is 12.7. The van der Waals surface area contributed by atoms with Crippen LogP contribution in [0.25, 0.3) is 10.9 Å². The zero-order valence-corrected chi connectivity index (χ0v) is 15.8. The van der Waals surface area contributed by atoms with E-state index in [1.165, 1.54) is 0 Å². The maximum Gasteiger partial charge on any atom is 0.229 e. The molecule has 0 saturated heterocycles. The summed E-state index contributed by atoms with van der Waals surface area (Å²) in [7, 11) is -3.37. The van der Waals surface area contributed by atoms with Crippen molar-refractivity contribution in [3.05, 3.63) is 65.3 Å². The summed E-state index contributed by atoms with van der Waals surface area (Å²) in [5.41, 5.74) is 2.49. The highest BCUT2D eigenvalue weighted by Crippen LogP contribution is 2.32. The second kappa shape index (κ2) is 7.40. The van der Waals surface area contributed by atoms with Crippen molar-refractivity contribution in [2.75, 3.05) is 11.0 Å². The fourth-order valence-corrected chi connectivity index (χ4v) is 3.80. The van der Waals surface area contributed by atoms with Gasteiger partial charge in [-0.2, -0.15) is 5.26 Å². The van der Waals surface area contributed by atoms with Gasteiger partial charge < -0.3 is 4.57 Å². The molecule has 0 spiro atoms. The monoisotopic (exact) mass is 387 g/mol. The maximum absolute atomic E-state index is 11.6. The smallest absolute Gasteiger partial charge is 0.229 e. The first-order chi connectivity index (χ1) is 12.4. The third kappa shape index (κ3) is 4.01. The Labute approximate surface area is 157 Å². The molecule has 0 aliphatic rings. The van der Waals surface area contributed by atoms with Crippen molar-refractivity contribution in [3.8, 4) is 6.07 Å². The van der Waals surface area contributed by atoms with Crippen molar-refractivity contribution in [1.29, 1.82) is 5.26 Å². The number of anilines is 1. The Hall–Kier alpha value is -2.49. The van der Waals surface area contributed by atoms with Crippen molar-refractivity contribution in [3.63, 3.8) is 0 Å². The van der Waals surface area contributed by atoms with Crippen LogP contribution in [0, 0.1) is 11.3 Å². The Morgan fingerprint density at radius 1 is 1.19 bits per heavy atom. The zero-order valence-electron chi connectivity index (χ0n) is 14.2. The molecule has 1 aromatic heterocycles. The predicted molar refractivity (Wildman–Crippen MR) is 105 cm³/mol. The fourth-order valence-electron chi connectivity index (χ4n) is 3.10. The highest BCUT2D eigenvalue weighted by atomic mass is 35.5. The summed E-state index contributed by atoms with van der Waals surface area (Å²) in [5, 5.41) is 10.5. The van der Waals surface area contributed by atoms with Gasteiger partial charge >= 0.3 is 0 Å². The first kappa shape index (κ1) is 18.3. The molecule has 1 N–H and O–H groups in total. The molecular formula is C19H18ClN3O2S. The van der Waals surface area contributed by atoms with E-state index >= 15 is 0 Å². The Morgan fingerprint density at radius 3 is 2.58 bits per heavy atom. The number of aromatic nitrogens is 1. The molecule has 0 bridgehead atoms. The van der Waals surface area contributed by atoms with E-state index in [-0.39, 0.29) is 6.04 Å².